The maximum absolute atomic E-state index is 13.2. The monoisotopic (exact) mass is 449 g/mol. The largest absolute Gasteiger partial charge is 0.369 e. The Hall–Kier alpha value is -2.70. The van der Waals surface area contributed by atoms with Crippen molar-refractivity contribution in [3.63, 3.8) is 0 Å². The Balaban J connectivity index is 1.26. The number of rotatable bonds is 5. The van der Waals surface area contributed by atoms with Crippen LogP contribution in [0.1, 0.15) is 21.2 Å². The minimum Gasteiger partial charge on any atom is -0.369 e. The molecule has 2 fully saturated rings. The summed E-state index contributed by atoms with van der Waals surface area (Å²) in [5.74, 6) is 0.737. The molecular weight excluding hydrogens is 421 g/mol. The summed E-state index contributed by atoms with van der Waals surface area (Å²) in [6.45, 7) is 6.40. The quantitative estimate of drug-likeness (QED) is 0.571. The fourth-order valence-corrected chi connectivity index (χ4v) is 5.72. The Morgan fingerprint density at radius 1 is 0.906 bits per heavy atom. The molecular formula is C26H28FN3OS. The molecule has 0 unspecified atom stereocenters. The van der Waals surface area contributed by atoms with Gasteiger partial charge in [-0.2, -0.15) is 0 Å². The molecule has 0 N–H and O–H groups in total. The fourth-order valence-electron chi connectivity index (χ4n) is 5.03. The second kappa shape index (κ2) is 9.43. The second-order valence-electron chi connectivity index (χ2n) is 8.73. The van der Waals surface area contributed by atoms with Crippen LogP contribution in [0.25, 0.3) is 0 Å². The predicted octanol–water partition coefficient (Wildman–Crippen LogP) is 4.57. The van der Waals surface area contributed by atoms with Gasteiger partial charge in [0.25, 0.3) is 5.91 Å². The van der Waals surface area contributed by atoms with Crippen LogP contribution in [-0.2, 0) is 0 Å². The molecule has 3 heterocycles. The Morgan fingerprint density at radius 3 is 2.34 bits per heavy atom. The number of benzene rings is 2. The van der Waals surface area contributed by atoms with Gasteiger partial charge in [-0.05, 0) is 47.2 Å². The molecule has 2 aliphatic heterocycles. The molecule has 6 heteroatoms. The van der Waals surface area contributed by atoms with Crippen molar-refractivity contribution in [2.24, 2.45) is 5.92 Å². The summed E-state index contributed by atoms with van der Waals surface area (Å²) in [4.78, 5) is 20.8. The number of carbonyl (C=O) groups excluding carboxylic acids is 1. The summed E-state index contributed by atoms with van der Waals surface area (Å²) in [6, 6.07) is 21.3. The third kappa shape index (κ3) is 4.57. The Kier molecular flexibility index (Phi) is 6.23. The minimum atomic E-state index is -0.192. The number of thiophene rings is 1. The number of halogens is 1. The molecule has 1 amide bonds. The van der Waals surface area contributed by atoms with Gasteiger partial charge in [0.2, 0.25) is 0 Å². The van der Waals surface area contributed by atoms with Crippen molar-refractivity contribution in [1.29, 1.82) is 0 Å². The number of carbonyl (C=O) groups is 1. The molecule has 0 saturated carbocycles. The predicted molar refractivity (Wildman–Crippen MR) is 128 cm³/mol. The standard InChI is InChI=1S/C26H28FN3OS/c27-22-8-10-23(11-9-22)29-14-12-28(13-15-29)17-21-18-30(26(31)25-7-4-16-32-25)19-24(21)20-5-2-1-3-6-20/h1-11,16,21,24H,12-15,17-19H2/t21-,24-/m0/s1. The molecule has 2 saturated heterocycles. The first-order valence-electron chi connectivity index (χ1n) is 11.3. The summed E-state index contributed by atoms with van der Waals surface area (Å²) in [5, 5.41) is 1.97. The van der Waals surface area contributed by atoms with Crippen molar-refractivity contribution in [2.75, 3.05) is 50.7 Å². The highest BCUT2D eigenvalue weighted by Crippen LogP contribution is 2.34. The molecule has 166 valence electrons. The summed E-state index contributed by atoms with van der Waals surface area (Å²) in [6.07, 6.45) is 0. The fraction of sp³-hybridized carbons (Fsp3) is 0.346. The molecule has 2 aromatic carbocycles. The molecule has 0 bridgehead atoms. The minimum absolute atomic E-state index is 0.157. The van der Waals surface area contributed by atoms with Gasteiger partial charge in [-0.15, -0.1) is 11.3 Å². The van der Waals surface area contributed by atoms with Crippen molar-refractivity contribution in [3.8, 4) is 0 Å². The van der Waals surface area contributed by atoms with E-state index >= 15 is 0 Å². The van der Waals surface area contributed by atoms with E-state index in [-0.39, 0.29) is 11.7 Å². The lowest BCUT2D eigenvalue weighted by molar-refractivity contribution is 0.0787. The zero-order chi connectivity index (χ0) is 21.9. The molecule has 1 aromatic heterocycles. The van der Waals surface area contributed by atoms with Gasteiger partial charge in [0.15, 0.2) is 0 Å². The zero-order valence-corrected chi connectivity index (χ0v) is 18.9. The Morgan fingerprint density at radius 2 is 1.66 bits per heavy atom. The number of likely N-dealkylation sites (tertiary alicyclic amines) is 1. The molecule has 0 spiro atoms. The average Bonchev–Trinajstić information content (AvgIpc) is 3.51. The van der Waals surface area contributed by atoms with E-state index < -0.39 is 0 Å². The van der Waals surface area contributed by atoms with Crippen LogP contribution in [0.2, 0.25) is 0 Å². The first kappa shape index (κ1) is 21.2. The van der Waals surface area contributed by atoms with E-state index in [9.17, 15) is 9.18 Å². The van der Waals surface area contributed by atoms with Crippen molar-refractivity contribution in [1.82, 2.24) is 9.80 Å². The number of nitrogens with zero attached hydrogens (tertiary/aromatic N) is 3. The summed E-state index contributed by atoms with van der Waals surface area (Å²) in [7, 11) is 0. The smallest absolute Gasteiger partial charge is 0.263 e. The van der Waals surface area contributed by atoms with E-state index in [1.807, 2.05) is 34.5 Å². The number of hydrogen-bond donors (Lipinski definition) is 0. The van der Waals surface area contributed by atoms with Crippen LogP contribution in [0.3, 0.4) is 0 Å². The van der Waals surface area contributed by atoms with Gasteiger partial charge < -0.3 is 9.80 Å². The highest BCUT2D eigenvalue weighted by atomic mass is 32.1. The molecule has 0 aliphatic carbocycles. The van der Waals surface area contributed by atoms with E-state index in [4.69, 9.17) is 0 Å². The van der Waals surface area contributed by atoms with Gasteiger partial charge in [-0.3, -0.25) is 9.69 Å². The van der Waals surface area contributed by atoms with Crippen LogP contribution in [0.15, 0.2) is 72.1 Å². The Bertz CT molecular complexity index is 1020. The number of anilines is 1. The van der Waals surface area contributed by atoms with Crippen LogP contribution in [0.4, 0.5) is 10.1 Å². The van der Waals surface area contributed by atoms with Crippen molar-refractivity contribution >= 4 is 22.9 Å². The van der Waals surface area contributed by atoms with Gasteiger partial charge in [0.05, 0.1) is 4.88 Å². The van der Waals surface area contributed by atoms with Crippen molar-refractivity contribution < 1.29 is 9.18 Å². The number of piperazine rings is 1. The van der Waals surface area contributed by atoms with Crippen LogP contribution in [0.5, 0.6) is 0 Å². The lowest BCUT2D eigenvalue weighted by Crippen LogP contribution is -2.48. The molecule has 3 aromatic rings. The van der Waals surface area contributed by atoms with Crippen molar-refractivity contribution in [2.45, 2.75) is 5.92 Å². The third-order valence-electron chi connectivity index (χ3n) is 6.74. The number of hydrogen-bond acceptors (Lipinski definition) is 4. The van der Waals surface area contributed by atoms with Gasteiger partial charge >= 0.3 is 0 Å². The summed E-state index contributed by atoms with van der Waals surface area (Å²) < 4.78 is 13.2. The Labute approximate surface area is 192 Å². The van der Waals surface area contributed by atoms with Crippen LogP contribution in [-0.4, -0.2) is 61.5 Å². The molecule has 2 aliphatic rings. The molecule has 32 heavy (non-hydrogen) atoms. The van der Waals surface area contributed by atoms with E-state index in [1.54, 1.807) is 0 Å². The second-order valence-corrected chi connectivity index (χ2v) is 9.68. The van der Waals surface area contributed by atoms with E-state index in [1.165, 1.54) is 29.0 Å². The summed E-state index contributed by atoms with van der Waals surface area (Å²) >= 11 is 1.52. The first-order valence-corrected chi connectivity index (χ1v) is 12.2. The van der Waals surface area contributed by atoms with Gasteiger partial charge in [-0.1, -0.05) is 36.4 Å². The maximum atomic E-state index is 13.2. The van der Waals surface area contributed by atoms with E-state index in [2.05, 4.69) is 40.1 Å². The van der Waals surface area contributed by atoms with Crippen LogP contribution in [0, 0.1) is 11.7 Å². The van der Waals surface area contributed by atoms with Crippen LogP contribution >= 0.6 is 11.3 Å². The van der Waals surface area contributed by atoms with Crippen LogP contribution < -0.4 is 4.90 Å². The molecule has 4 nitrogen and oxygen atoms in total. The van der Waals surface area contributed by atoms with Gasteiger partial charge in [0.1, 0.15) is 5.82 Å². The van der Waals surface area contributed by atoms with Gasteiger partial charge in [0, 0.05) is 57.4 Å². The topological polar surface area (TPSA) is 26.8 Å². The lowest BCUT2D eigenvalue weighted by atomic mass is 9.88. The first-order chi connectivity index (χ1) is 15.7. The lowest BCUT2D eigenvalue weighted by Gasteiger charge is -2.37. The highest BCUT2D eigenvalue weighted by molar-refractivity contribution is 7.12. The van der Waals surface area contributed by atoms with E-state index in [0.717, 1.165) is 56.4 Å². The SMILES string of the molecule is O=C(c1cccs1)N1C[C@H](CN2CCN(c3ccc(F)cc3)CC2)[C@H](c2ccccc2)C1. The zero-order valence-electron chi connectivity index (χ0n) is 18.1. The average molecular weight is 450 g/mol. The molecule has 5 rings (SSSR count). The third-order valence-corrected chi connectivity index (χ3v) is 7.60. The van der Waals surface area contributed by atoms with Crippen molar-refractivity contribution in [3.05, 3.63) is 88.4 Å². The van der Waals surface area contributed by atoms with Gasteiger partial charge in [-0.25, -0.2) is 4.39 Å². The molecule has 0 radical (unpaired) electrons. The van der Waals surface area contributed by atoms with E-state index in [0.29, 0.717) is 11.8 Å². The molecule has 2 atom stereocenters. The summed E-state index contributed by atoms with van der Waals surface area (Å²) in [5.41, 5.74) is 2.41. The maximum Gasteiger partial charge on any atom is 0.263 e. The number of amides is 1. The normalized spacial score (nSPS) is 21.8. The highest BCUT2D eigenvalue weighted by Gasteiger charge is 2.37.